The highest BCUT2D eigenvalue weighted by molar-refractivity contribution is 7.91. The maximum absolute atomic E-state index is 11.6. The first-order chi connectivity index (χ1) is 13.0. The van der Waals surface area contributed by atoms with Gasteiger partial charge in [-0.15, -0.1) is 5.10 Å². The molecule has 9 heteroatoms. The van der Waals surface area contributed by atoms with E-state index in [-0.39, 0.29) is 17.5 Å². The van der Waals surface area contributed by atoms with Crippen LogP contribution in [0.1, 0.15) is 12.0 Å². The minimum absolute atomic E-state index is 0.0993. The van der Waals surface area contributed by atoms with Crippen LogP contribution in [0.25, 0.3) is 0 Å². The van der Waals surface area contributed by atoms with Gasteiger partial charge in [-0.3, -0.25) is 0 Å². The molecule has 0 radical (unpaired) electrons. The fourth-order valence-corrected chi connectivity index (χ4v) is 5.28. The molecule has 144 valence electrons. The monoisotopic (exact) mass is 388 g/mol. The summed E-state index contributed by atoms with van der Waals surface area (Å²) in [6.45, 7) is 5.53. The molecule has 0 aliphatic carbocycles. The van der Waals surface area contributed by atoms with E-state index in [1.54, 1.807) is 6.20 Å². The molecular weight excluding hydrogens is 364 g/mol. The highest BCUT2D eigenvalue weighted by atomic mass is 32.2. The maximum atomic E-state index is 11.6. The minimum atomic E-state index is -2.92. The molecule has 2 aliphatic rings. The molecule has 2 fully saturated rings. The topological polar surface area (TPSA) is 91.3 Å². The van der Waals surface area contributed by atoms with Crippen LogP contribution in [0.4, 0.5) is 17.5 Å². The van der Waals surface area contributed by atoms with Gasteiger partial charge in [-0.25, -0.2) is 8.42 Å². The van der Waals surface area contributed by atoms with Gasteiger partial charge in [0.1, 0.15) is 0 Å². The average molecular weight is 388 g/mol. The first-order valence-electron chi connectivity index (χ1n) is 9.22. The lowest BCUT2D eigenvalue weighted by molar-refractivity contribution is 0.602. The lowest BCUT2D eigenvalue weighted by Crippen LogP contribution is -2.47. The Bertz CT molecular complexity index is 912. The van der Waals surface area contributed by atoms with Crippen molar-refractivity contribution in [1.29, 1.82) is 0 Å². The molecule has 2 aliphatic heterocycles. The van der Waals surface area contributed by atoms with Gasteiger partial charge < -0.3 is 15.1 Å². The van der Waals surface area contributed by atoms with Crippen molar-refractivity contribution in [2.75, 3.05) is 52.8 Å². The summed E-state index contributed by atoms with van der Waals surface area (Å²) in [5, 5.41) is 11.4. The van der Waals surface area contributed by atoms with Crippen LogP contribution in [-0.4, -0.2) is 67.3 Å². The Kier molecular flexibility index (Phi) is 4.86. The van der Waals surface area contributed by atoms with Gasteiger partial charge in [-0.05, 0) is 31.0 Å². The standard InChI is InChI=1S/C18H24N6O2S/c1-14-3-2-4-16(11-14)23-6-8-24(9-7-23)18-21-17(12-19-22-18)20-15-5-10-27(25,26)13-15/h2-4,11-12,15H,5-10,13H2,1H3,(H,20,21,22). The number of hydrogen-bond donors (Lipinski definition) is 1. The molecule has 3 heterocycles. The van der Waals surface area contributed by atoms with Crippen molar-refractivity contribution < 1.29 is 8.42 Å². The van der Waals surface area contributed by atoms with Crippen molar-refractivity contribution in [3.63, 3.8) is 0 Å². The molecule has 0 amide bonds. The predicted octanol–water partition coefficient (Wildman–Crippen LogP) is 1.11. The second-order valence-electron chi connectivity index (χ2n) is 7.20. The van der Waals surface area contributed by atoms with Crippen LogP contribution in [0, 0.1) is 6.92 Å². The number of aryl methyl sites for hydroxylation is 1. The lowest BCUT2D eigenvalue weighted by atomic mass is 10.2. The van der Waals surface area contributed by atoms with E-state index in [1.165, 1.54) is 11.3 Å². The van der Waals surface area contributed by atoms with Crippen molar-refractivity contribution in [2.45, 2.75) is 19.4 Å². The molecule has 1 atom stereocenters. The van der Waals surface area contributed by atoms with Crippen molar-refractivity contribution in [2.24, 2.45) is 0 Å². The minimum Gasteiger partial charge on any atom is -0.368 e. The van der Waals surface area contributed by atoms with Crippen LogP contribution in [0.15, 0.2) is 30.5 Å². The summed E-state index contributed by atoms with van der Waals surface area (Å²) in [5.74, 6) is 1.56. The number of piperazine rings is 1. The Morgan fingerprint density at radius 1 is 1.15 bits per heavy atom. The largest absolute Gasteiger partial charge is 0.368 e. The summed E-state index contributed by atoms with van der Waals surface area (Å²) in [7, 11) is -2.92. The molecule has 27 heavy (non-hydrogen) atoms. The Morgan fingerprint density at radius 3 is 2.63 bits per heavy atom. The zero-order chi connectivity index (χ0) is 18.9. The zero-order valence-electron chi connectivity index (χ0n) is 15.4. The Morgan fingerprint density at radius 2 is 1.93 bits per heavy atom. The highest BCUT2D eigenvalue weighted by Gasteiger charge is 2.28. The van der Waals surface area contributed by atoms with E-state index < -0.39 is 9.84 Å². The average Bonchev–Trinajstić information content (AvgIpc) is 3.00. The first kappa shape index (κ1) is 18.0. The fraction of sp³-hybridized carbons (Fsp3) is 0.500. The van der Waals surface area contributed by atoms with E-state index >= 15 is 0 Å². The van der Waals surface area contributed by atoms with Crippen LogP contribution >= 0.6 is 0 Å². The Balaban J connectivity index is 1.38. The number of nitrogens with zero attached hydrogens (tertiary/aromatic N) is 5. The van der Waals surface area contributed by atoms with E-state index in [9.17, 15) is 8.42 Å². The first-order valence-corrected chi connectivity index (χ1v) is 11.0. The lowest BCUT2D eigenvalue weighted by Gasteiger charge is -2.36. The summed E-state index contributed by atoms with van der Waals surface area (Å²) in [6.07, 6.45) is 2.16. The number of nitrogens with one attached hydrogen (secondary N) is 1. The Labute approximate surface area is 159 Å². The van der Waals surface area contributed by atoms with Gasteiger partial charge in [0, 0.05) is 37.9 Å². The third-order valence-electron chi connectivity index (χ3n) is 5.06. The third kappa shape index (κ3) is 4.29. The number of aromatic nitrogens is 3. The van der Waals surface area contributed by atoms with E-state index in [0.29, 0.717) is 18.2 Å². The van der Waals surface area contributed by atoms with Gasteiger partial charge in [-0.2, -0.15) is 10.1 Å². The second-order valence-corrected chi connectivity index (χ2v) is 9.43. The number of anilines is 3. The van der Waals surface area contributed by atoms with E-state index in [0.717, 1.165) is 26.2 Å². The van der Waals surface area contributed by atoms with Gasteiger partial charge >= 0.3 is 0 Å². The summed E-state index contributed by atoms with van der Waals surface area (Å²) in [4.78, 5) is 9.03. The molecule has 2 saturated heterocycles. The smallest absolute Gasteiger partial charge is 0.247 e. The molecular formula is C18H24N6O2S. The number of rotatable bonds is 4. The third-order valence-corrected chi connectivity index (χ3v) is 6.83. The summed E-state index contributed by atoms with van der Waals surface area (Å²) < 4.78 is 23.2. The number of hydrogen-bond acceptors (Lipinski definition) is 8. The van der Waals surface area contributed by atoms with Crippen LogP contribution < -0.4 is 15.1 Å². The van der Waals surface area contributed by atoms with E-state index in [1.807, 2.05) is 0 Å². The van der Waals surface area contributed by atoms with E-state index in [2.05, 4.69) is 61.5 Å². The van der Waals surface area contributed by atoms with Crippen molar-refractivity contribution in [3.8, 4) is 0 Å². The van der Waals surface area contributed by atoms with Crippen LogP contribution in [0.3, 0.4) is 0 Å². The van der Waals surface area contributed by atoms with Crippen LogP contribution in [0.2, 0.25) is 0 Å². The molecule has 0 saturated carbocycles. The van der Waals surface area contributed by atoms with Crippen molar-refractivity contribution >= 4 is 27.3 Å². The van der Waals surface area contributed by atoms with Gasteiger partial charge in [0.05, 0.1) is 17.7 Å². The Hall–Kier alpha value is -2.42. The van der Waals surface area contributed by atoms with Gasteiger partial charge in [0.15, 0.2) is 15.7 Å². The van der Waals surface area contributed by atoms with Crippen LogP contribution in [-0.2, 0) is 9.84 Å². The summed E-state index contributed by atoms with van der Waals surface area (Å²) in [5.41, 5.74) is 2.50. The molecule has 0 bridgehead atoms. The number of sulfone groups is 1. The molecule has 2 aromatic rings. The summed E-state index contributed by atoms with van der Waals surface area (Å²) in [6, 6.07) is 8.43. The highest BCUT2D eigenvalue weighted by Crippen LogP contribution is 2.21. The van der Waals surface area contributed by atoms with Gasteiger partial charge in [-0.1, -0.05) is 12.1 Å². The quantitative estimate of drug-likeness (QED) is 0.833. The SMILES string of the molecule is Cc1cccc(N2CCN(c3nncc(NC4CCS(=O)(=O)C4)n3)CC2)c1. The second kappa shape index (κ2) is 7.30. The summed E-state index contributed by atoms with van der Waals surface area (Å²) >= 11 is 0. The molecule has 1 N–H and O–H groups in total. The number of benzene rings is 1. The molecule has 1 aromatic heterocycles. The molecule has 8 nitrogen and oxygen atoms in total. The van der Waals surface area contributed by atoms with Gasteiger partial charge in [0.25, 0.3) is 0 Å². The van der Waals surface area contributed by atoms with Crippen LogP contribution in [0.5, 0.6) is 0 Å². The van der Waals surface area contributed by atoms with Crippen molar-refractivity contribution in [3.05, 3.63) is 36.0 Å². The maximum Gasteiger partial charge on any atom is 0.247 e. The van der Waals surface area contributed by atoms with Crippen molar-refractivity contribution in [1.82, 2.24) is 15.2 Å². The molecule has 1 aromatic carbocycles. The zero-order valence-corrected chi connectivity index (χ0v) is 16.2. The predicted molar refractivity (Wildman–Crippen MR) is 106 cm³/mol. The van der Waals surface area contributed by atoms with E-state index in [4.69, 9.17) is 0 Å². The fourth-order valence-electron chi connectivity index (χ4n) is 3.60. The molecule has 4 rings (SSSR count). The van der Waals surface area contributed by atoms with Gasteiger partial charge in [0.2, 0.25) is 5.95 Å². The molecule has 0 spiro atoms. The molecule has 1 unspecified atom stereocenters. The normalized spacial score (nSPS) is 22.0.